The lowest BCUT2D eigenvalue weighted by atomic mass is 10.0. The summed E-state index contributed by atoms with van der Waals surface area (Å²) in [6.45, 7) is 2.21. The van der Waals surface area contributed by atoms with Crippen molar-refractivity contribution in [1.82, 2.24) is 5.43 Å². The Kier molecular flexibility index (Phi) is 7.09. The van der Waals surface area contributed by atoms with E-state index >= 15 is 0 Å². The minimum Gasteiger partial charge on any atom is -0.495 e. The molecule has 4 heteroatoms. The molecule has 0 bridgehead atoms. The van der Waals surface area contributed by atoms with E-state index in [-0.39, 0.29) is 6.04 Å². The Bertz CT molecular complexity index is 358. The number of ether oxygens (including phenoxy) is 1. The van der Waals surface area contributed by atoms with Gasteiger partial charge in [0, 0.05) is 6.04 Å². The highest BCUT2D eigenvalue weighted by Crippen LogP contribution is 2.29. The van der Waals surface area contributed by atoms with Crippen LogP contribution in [0.4, 0.5) is 0 Å². The number of hydrogen-bond acceptors (Lipinski definition) is 3. The molecule has 0 fully saturated rings. The molecule has 3 nitrogen and oxygen atoms in total. The molecule has 0 aliphatic carbocycles. The van der Waals surface area contributed by atoms with E-state index in [0.717, 1.165) is 12.0 Å². The third kappa shape index (κ3) is 4.48. The molecule has 0 saturated heterocycles. The highest BCUT2D eigenvalue weighted by Gasteiger charge is 2.11. The molecule has 1 aromatic carbocycles. The first-order valence-corrected chi connectivity index (χ1v) is 6.90. The van der Waals surface area contributed by atoms with Crippen molar-refractivity contribution < 1.29 is 4.74 Å². The average Bonchev–Trinajstić information content (AvgIpc) is 2.40. The molecular formula is C14H23ClN2O. The van der Waals surface area contributed by atoms with Gasteiger partial charge in [0.05, 0.1) is 12.1 Å². The number of hydrogen-bond donors (Lipinski definition) is 2. The van der Waals surface area contributed by atoms with E-state index in [1.165, 1.54) is 25.7 Å². The second kappa shape index (κ2) is 8.35. The van der Waals surface area contributed by atoms with E-state index in [0.29, 0.717) is 10.8 Å². The van der Waals surface area contributed by atoms with Gasteiger partial charge in [-0.15, -0.1) is 0 Å². The molecule has 0 heterocycles. The summed E-state index contributed by atoms with van der Waals surface area (Å²) in [6.07, 6.45) is 5.98. The number of methoxy groups -OCH3 is 1. The van der Waals surface area contributed by atoms with Gasteiger partial charge in [-0.25, -0.2) is 0 Å². The number of nitrogens with two attached hydrogens (primary N) is 1. The molecule has 0 radical (unpaired) electrons. The van der Waals surface area contributed by atoms with Crippen molar-refractivity contribution in [3.63, 3.8) is 0 Å². The molecule has 1 atom stereocenters. The maximum atomic E-state index is 6.01. The SMILES string of the molecule is CCCCCCC(NN)c1ccc(Cl)c(OC)c1. The van der Waals surface area contributed by atoms with Crippen LogP contribution in [-0.2, 0) is 0 Å². The number of halogens is 1. The summed E-state index contributed by atoms with van der Waals surface area (Å²) in [5.41, 5.74) is 3.99. The second-order valence-electron chi connectivity index (χ2n) is 4.46. The van der Waals surface area contributed by atoms with E-state index in [2.05, 4.69) is 12.3 Å². The molecule has 1 rings (SSSR count). The Labute approximate surface area is 115 Å². The summed E-state index contributed by atoms with van der Waals surface area (Å²) in [5.74, 6) is 6.32. The van der Waals surface area contributed by atoms with Crippen LogP contribution in [-0.4, -0.2) is 7.11 Å². The van der Waals surface area contributed by atoms with E-state index in [4.69, 9.17) is 22.2 Å². The largest absolute Gasteiger partial charge is 0.495 e. The van der Waals surface area contributed by atoms with Gasteiger partial charge >= 0.3 is 0 Å². The standard InChI is InChI=1S/C14H23ClN2O/c1-3-4-5-6-7-13(17-16)11-8-9-12(15)14(10-11)18-2/h8-10,13,17H,3-7,16H2,1-2H3. The van der Waals surface area contributed by atoms with Crippen molar-refractivity contribution in [2.45, 2.75) is 45.1 Å². The Morgan fingerprint density at radius 2 is 2.11 bits per heavy atom. The predicted octanol–water partition coefficient (Wildman–Crippen LogP) is 3.82. The summed E-state index contributed by atoms with van der Waals surface area (Å²) in [5, 5.41) is 0.628. The van der Waals surface area contributed by atoms with Crippen molar-refractivity contribution in [2.75, 3.05) is 7.11 Å². The Hall–Kier alpha value is -0.770. The third-order valence-corrected chi connectivity index (χ3v) is 3.44. The zero-order chi connectivity index (χ0) is 13.4. The number of unbranched alkanes of at least 4 members (excludes halogenated alkanes) is 3. The van der Waals surface area contributed by atoms with Crippen LogP contribution < -0.4 is 16.0 Å². The summed E-state index contributed by atoms with van der Waals surface area (Å²) in [6, 6.07) is 5.96. The van der Waals surface area contributed by atoms with Crippen LogP contribution in [0.2, 0.25) is 5.02 Å². The summed E-state index contributed by atoms with van der Waals surface area (Å²) in [7, 11) is 1.62. The van der Waals surface area contributed by atoms with Gasteiger partial charge in [0.15, 0.2) is 0 Å². The molecule has 3 N–H and O–H groups in total. The van der Waals surface area contributed by atoms with Crippen LogP contribution in [0.3, 0.4) is 0 Å². The number of benzene rings is 1. The molecule has 0 saturated carbocycles. The minimum atomic E-state index is 0.160. The first-order chi connectivity index (χ1) is 8.72. The average molecular weight is 271 g/mol. The molecular weight excluding hydrogens is 248 g/mol. The zero-order valence-corrected chi connectivity index (χ0v) is 12.0. The van der Waals surface area contributed by atoms with Gasteiger partial charge in [0.1, 0.15) is 5.75 Å². The van der Waals surface area contributed by atoms with Crippen LogP contribution in [0, 0.1) is 0 Å². The summed E-state index contributed by atoms with van der Waals surface area (Å²) < 4.78 is 5.22. The maximum Gasteiger partial charge on any atom is 0.137 e. The molecule has 0 aliphatic heterocycles. The Balaban J connectivity index is 2.63. The van der Waals surface area contributed by atoms with Gasteiger partial charge in [-0.3, -0.25) is 11.3 Å². The fraction of sp³-hybridized carbons (Fsp3) is 0.571. The lowest BCUT2D eigenvalue weighted by Gasteiger charge is -2.17. The van der Waals surface area contributed by atoms with Crippen LogP contribution >= 0.6 is 11.6 Å². The fourth-order valence-corrected chi connectivity index (χ4v) is 2.21. The van der Waals surface area contributed by atoms with Gasteiger partial charge in [-0.2, -0.15) is 0 Å². The first kappa shape index (κ1) is 15.3. The van der Waals surface area contributed by atoms with Crippen LogP contribution in [0.25, 0.3) is 0 Å². The monoisotopic (exact) mass is 270 g/mol. The van der Waals surface area contributed by atoms with Crippen molar-refractivity contribution >= 4 is 11.6 Å². The maximum absolute atomic E-state index is 6.01. The first-order valence-electron chi connectivity index (χ1n) is 6.52. The fourth-order valence-electron chi connectivity index (χ4n) is 2.01. The molecule has 1 aromatic rings. The lowest BCUT2D eigenvalue weighted by Crippen LogP contribution is -2.28. The van der Waals surface area contributed by atoms with Crippen LogP contribution in [0.1, 0.15) is 50.6 Å². The van der Waals surface area contributed by atoms with Crippen molar-refractivity contribution in [3.05, 3.63) is 28.8 Å². The Morgan fingerprint density at radius 3 is 2.72 bits per heavy atom. The summed E-state index contributed by atoms with van der Waals surface area (Å²) >= 11 is 6.01. The Morgan fingerprint density at radius 1 is 1.33 bits per heavy atom. The lowest BCUT2D eigenvalue weighted by molar-refractivity contribution is 0.412. The van der Waals surface area contributed by atoms with Crippen molar-refractivity contribution in [2.24, 2.45) is 5.84 Å². The van der Waals surface area contributed by atoms with E-state index in [9.17, 15) is 0 Å². The normalized spacial score (nSPS) is 12.4. The van der Waals surface area contributed by atoms with Crippen molar-refractivity contribution in [1.29, 1.82) is 0 Å². The van der Waals surface area contributed by atoms with Gasteiger partial charge < -0.3 is 4.74 Å². The van der Waals surface area contributed by atoms with Crippen LogP contribution in [0.15, 0.2) is 18.2 Å². The number of rotatable bonds is 8. The van der Waals surface area contributed by atoms with Crippen LogP contribution in [0.5, 0.6) is 5.75 Å². The van der Waals surface area contributed by atoms with E-state index < -0.39 is 0 Å². The highest BCUT2D eigenvalue weighted by molar-refractivity contribution is 6.32. The topological polar surface area (TPSA) is 47.3 Å². The molecule has 0 aliphatic rings. The zero-order valence-electron chi connectivity index (χ0n) is 11.2. The highest BCUT2D eigenvalue weighted by atomic mass is 35.5. The van der Waals surface area contributed by atoms with Gasteiger partial charge in [-0.1, -0.05) is 50.3 Å². The summed E-state index contributed by atoms with van der Waals surface area (Å²) in [4.78, 5) is 0. The smallest absolute Gasteiger partial charge is 0.137 e. The van der Waals surface area contributed by atoms with Gasteiger partial charge in [-0.05, 0) is 24.1 Å². The van der Waals surface area contributed by atoms with Crippen molar-refractivity contribution in [3.8, 4) is 5.75 Å². The van der Waals surface area contributed by atoms with Gasteiger partial charge in [0.2, 0.25) is 0 Å². The molecule has 1 unspecified atom stereocenters. The quantitative estimate of drug-likeness (QED) is 0.429. The van der Waals surface area contributed by atoms with E-state index in [1.54, 1.807) is 7.11 Å². The second-order valence-corrected chi connectivity index (χ2v) is 4.87. The minimum absolute atomic E-state index is 0.160. The number of hydrazine groups is 1. The third-order valence-electron chi connectivity index (χ3n) is 3.13. The molecule has 102 valence electrons. The molecule has 0 aromatic heterocycles. The number of nitrogens with one attached hydrogen (secondary N) is 1. The van der Waals surface area contributed by atoms with Gasteiger partial charge in [0.25, 0.3) is 0 Å². The molecule has 0 amide bonds. The molecule has 0 spiro atoms. The predicted molar refractivity (Wildman–Crippen MR) is 76.8 cm³/mol. The molecule has 18 heavy (non-hydrogen) atoms. The van der Waals surface area contributed by atoms with E-state index in [1.807, 2.05) is 18.2 Å².